The van der Waals surface area contributed by atoms with Crippen molar-refractivity contribution in [3.05, 3.63) is 35.4 Å². The maximum absolute atomic E-state index is 13.3. The average molecular weight is 215 g/mol. The van der Waals surface area contributed by atoms with Gasteiger partial charge in [0.2, 0.25) is 0 Å². The van der Waals surface area contributed by atoms with Crippen LogP contribution in [0, 0.1) is 11.6 Å². The number of rotatable bonds is 1. The molecule has 76 valence electrons. The van der Waals surface area contributed by atoms with E-state index in [0.717, 1.165) is 24.1 Å². The van der Waals surface area contributed by atoms with Gasteiger partial charge in [0.25, 0.3) is 0 Å². The third-order valence-electron chi connectivity index (χ3n) is 2.26. The molecule has 2 rings (SSSR count). The SMILES string of the molecule is Fc1ccc(F)c([C@H]2CSCCN2)c1. The second kappa shape index (κ2) is 4.28. The van der Waals surface area contributed by atoms with Gasteiger partial charge >= 0.3 is 0 Å². The van der Waals surface area contributed by atoms with Gasteiger partial charge in [-0.15, -0.1) is 0 Å². The first kappa shape index (κ1) is 9.93. The van der Waals surface area contributed by atoms with Crippen LogP contribution in [0.2, 0.25) is 0 Å². The lowest BCUT2D eigenvalue weighted by Gasteiger charge is -2.23. The normalized spacial score (nSPS) is 22.3. The molecule has 1 N–H and O–H groups in total. The van der Waals surface area contributed by atoms with Gasteiger partial charge in [0.05, 0.1) is 0 Å². The standard InChI is InChI=1S/C10H11F2NS/c11-7-1-2-9(12)8(5-7)10-6-14-4-3-13-10/h1-2,5,10,13H,3-4,6H2/t10-/m1/s1. The van der Waals surface area contributed by atoms with E-state index in [4.69, 9.17) is 0 Å². The highest BCUT2D eigenvalue weighted by Crippen LogP contribution is 2.24. The summed E-state index contributed by atoms with van der Waals surface area (Å²) in [4.78, 5) is 0. The molecule has 0 amide bonds. The molecule has 1 heterocycles. The van der Waals surface area contributed by atoms with E-state index < -0.39 is 0 Å². The molecule has 0 unspecified atom stereocenters. The summed E-state index contributed by atoms with van der Waals surface area (Å²) in [5.74, 6) is 1.14. The minimum absolute atomic E-state index is 0.0514. The van der Waals surface area contributed by atoms with E-state index >= 15 is 0 Å². The lowest BCUT2D eigenvalue weighted by atomic mass is 10.1. The van der Waals surface area contributed by atoms with Crippen molar-refractivity contribution in [2.45, 2.75) is 6.04 Å². The number of nitrogens with one attached hydrogen (secondary N) is 1. The maximum atomic E-state index is 13.3. The molecule has 0 spiro atoms. The Morgan fingerprint density at radius 1 is 1.36 bits per heavy atom. The second-order valence-electron chi connectivity index (χ2n) is 3.25. The molecule has 4 heteroatoms. The molecule has 1 atom stereocenters. The van der Waals surface area contributed by atoms with Crippen LogP contribution in [-0.4, -0.2) is 18.1 Å². The van der Waals surface area contributed by atoms with E-state index in [2.05, 4.69) is 5.32 Å². The first-order chi connectivity index (χ1) is 6.77. The van der Waals surface area contributed by atoms with Crippen molar-refractivity contribution in [3.8, 4) is 0 Å². The van der Waals surface area contributed by atoms with Crippen molar-refractivity contribution in [1.29, 1.82) is 0 Å². The van der Waals surface area contributed by atoms with E-state index in [9.17, 15) is 8.78 Å². The van der Waals surface area contributed by atoms with Gasteiger partial charge in [0, 0.05) is 29.7 Å². The van der Waals surface area contributed by atoms with Crippen LogP contribution < -0.4 is 5.32 Å². The predicted molar refractivity (Wildman–Crippen MR) is 54.4 cm³/mol. The fourth-order valence-electron chi connectivity index (χ4n) is 1.55. The zero-order valence-corrected chi connectivity index (χ0v) is 8.41. The summed E-state index contributed by atoms with van der Waals surface area (Å²) >= 11 is 1.76. The van der Waals surface area contributed by atoms with E-state index in [1.165, 1.54) is 12.1 Å². The van der Waals surface area contributed by atoms with Gasteiger partial charge < -0.3 is 5.32 Å². The molecule has 0 aliphatic carbocycles. The first-order valence-electron chi connectivity index (χ1n) is 4.53. The molecule has 1 saturated heterocycles. The van der Waals surface area contributed by atoms with E-state index in [0.29, 0.717) is 5.56 Å². The van der Waals surface area contributed by atoms with Crippen molar-refractivity contribution in [2.24, 2.45) is 0 Å². The number of hydrogen-bond donors (Lipinski definition) is 1. The summed E-state index contributed by atoms with van der Waals surface area (Å²) in [5.41, 5.74) is 0.442. The Hall–Kier alpha value is -0.610. The summed E-state index contributed by atoms with van der Waals surface area (Å²) in [6.45, 7) is 0.852. The Labute approximate surface area is 85.9 Å². The smallest absolute Gasteiger partial charge is 0.128 e. The molecule has 1 nitrogen and oxygen atoms in total. The summed E-state index contributed by atoms with van der Waals surface area (Å²) in [6.07, 6.45) is 0. The third-order valence-corrected chi connectivity index (χ3v) is 3.32. The quantitative estimate of drug-likeness (QED) is 0.771. The van der Waals surface area contributed by atoms with Crippen LogP contribution in [0.25, 0.3) is 0 Å². The minimum atomic E-state index is -0.376. The molecule has 14 heavy (non-hydrogen) atoms. The van der Waals surface area contributed by atoms with E-state index in [-0.39, 0.29) is 17.7 Å². The maximum Gasteiger partial charge on any atom is 0.128 e. The molecule has 1 aliphatic rings. The van der Waals surface area contributed by atoms with E-state index in [1.807, 2.05) is 0 Å². The number of benzene rings is 1. The lowest BCUT2D eigenvalue weighted by Crippen LogP contribution is -2.30. The van der Waals surface area contributed by atoms with Gasteiger partial charge in [-0.25, -0.2) is 8.78 Å². The predicted octanol–water partition coefficient (Wildman–Crippen LogP) is 2.34. The lowest BCUT2D eigenvalue weighted by molar-refractivity contribution is 0.528. The third kappa shape index (κ3) is 2.07. The highest BCUT2D eigenvalue weighted by Gasteiger charge is 2.18. The molecule has 0 radical (unpaired) electrons. The summed E-state index contributed by atoms with van der Waals surface area (Å²) in [7, 11) is 0. The van der Waals surface area contributed by atoms with Crippen molar-refractivity contribution >= 4 is 11.8 Å². The Balaban J connectivity index is 2.24. The van der Waals surface area contributed by atoms with Crippen molar-refractivity contribution in [1.82, 2.24) is 5.32 Å². The van der Waals surface area contributed by atoms with Crippen LogP contribution in [0.15, 0.2) is 18.2 Å². The Bertz CT molecular complexity index is 324. The zero-order chi connectivity index (χ0) is 9.97. The van der Waals surface area contributed by atoms with Crippen LogP contribution in [-0.2, 0) is 0 Å². The van der Waals surface area contributed by atoms with Crippen molar-refractivity contribution < 1.29 is 8.78 Å². The molecular weight excluding hydrogens is 204 g/mol. The van der Waals surface area contributed by atoms with Gasteiger partial charge in [-0.1, -0.05) is 0 Å². The molecule has 1 aliphatic heterocycles. The van der Waals surface area contributed by atoms with Crippen molar-refractivity contribution in [2.75, 3.05) is 18.1 Å². The molecule has 1 aromatic carbocycles. The van der Waals surface area contributed by atoms with Gasteiger partial charge in [0.15, 0.2) is 0 Å². The minimum Gasteiger partial charge on any atom is -0.308 e. The second-order valence-corrected chi connectivity index (χ2v) is 4.40. The zero-order valence-electron chi connectivity index (χ0n) is 7.59. The monoisotopic (exact) mass is 215 g/mol. The summed E-state index contributed by atoms with van der Waals surface area (Å²) in [5, 5.41) is 3.18. The Morgan fingerprint density at radius 2 is 2.21 bits per heavy atom. The molecular formula is C10H11F2NS. The number of hydrogen-bond acceptors (Lipinski definition) is 2. The van der Waals surface area contributed by atoms with Gasteiger partial charge in [0.1, 0.15) is 11.6 Å². The summed E-state index contributed by atoms with van der Waals surface area (Å²) in [6, 6.07) is 3.56. The van der Waals surface area contributed by atoms with Gasteiger partial charge in [-0.3, -0.25) is 0 Å². The fourth-order valence-corrected chi connectivity index (χ4v) is 2.51. The van der Waals surface area contributed by atoms with Gasteiger partial charge in [-0.2, -0.15) is 11.8 Å². The largest absolute Gasteiger partial charge is 0.308 e. The summed E-state index contributed by atoms with van der Waals surface area (Å²) < 4.78 is 26.2. The molecule has 1 fully saturated rings. The highest BCUT2D eigenvalue weighted by molar-refractivity contribution is 7.99. The topological polar surface area (TPSA) is 12.0 Å². The Morgan fingerprint density at radius 3 is 2.93 bits per heavy atom. The molecule has 0 saturated carbocycles. The van der Waals surface area contributed by atoms with Crippen LogP contribution >= 0.6 is 11.8 Å². The van der Waals surface area contributed by atoms with Crippen LogP contribution in [0.4, 0.5) is 8.78 Å². The van der Waals surface area contributed by atoms with Crippen LogP contribution in [0.3, 0.4) is 0 Å². The molecule has 1 aromatic rings. The fraction of sp³-hybridized carbons (Fsp3) is 0.400. The molecule has 0 aromatic heterocycles. The molecule has 0 bridgehead atoms. The Kier molecular flexibility index (Phi) is 3.03. The van der Waals surface area contributed by atoms with Crippen LogP contribution in [0.1, 0.15) is 11.6 Å². The van der Waals surface area contributed by atoms with Crippen LogP contribution in [0.5, 0.6) is 0 Å². The highest BCUT2D eigenvalue weighted by atomic mass is 32.2. The number of thioether (sulfide) groups is 1. The first-order valence-corrected chi connectivity index (χ1v) is 5.69. The average Bonchev–Trinajstić information content (AvgIpc) is 2.23. The van der Waals surface area contributed by atoms with E-state index in [1.54, 1.807) is 11.8 Å². The van der Waals surface area contributed by atoms with Crippen molar-refractivity contribution in [3.63, 3.8) is 0 Å². The van der Waals surface area contributed by atoms with Gasteiger partial charge in [-0.05, 0) is 18.2 Å². The number of halogens is 2.